The van der Waals surface area contributed by atoms with Gasteiger partial charge in [0.05, 0.1) is 12.0 Å². The van der Waals surface area contributed by atoms with Crippen LogP contribution in [0.4, 0.5) is 0 Å². The number of rotatable bonds is 5. The van der Waals surface area contributed by atoms with E-state index in [-0.39, 0.29) is 11.3 Å². The van der Waals surface area contributed by atoms with Crippen molar-refractivity contribution in [2.75, 3.05) is 6.61 Å². The van der Waals surface area contributed by atoms with Crippen LogP contribution in [0.1, 0.15) is 36.3 Å². The number of hydrogen-bond donors (Lipinski definition) is 0. The lowest BCUT2D eigenvalue weighted by Gasteiger charge is -2.12. The quantitative estimate of drug-likeness (QED) is 0.594. The van der Waals surface area contributed by atoms with Crippen LogP contribution >= 0.6 is 27.5 Å². The number of carbonyl (C=O) groups excluding carboxylic acids is 1. The second-order valence-electron chi connectivity index (χ2n) is 3.84. The Balaban J connectivity index is 2.57. The molecule has 1 atom stereocenters. The maximum atomic E-state index is 11.2. The summed E-state index contributed by atoms with van der Waals surface area (Å²) in [6.07, 6.45) is 0.935. The molecule has 0 saturated heterocycles. The average molecular weight is 320 g/mol. The number of carbonyl (C=O) groups is 1. The minimum Gasteiger partial charge on any atom is -0.466 e. The summed E-state index contributed by atoms with van der Waals surface area (Å²) in [6, 6.07) is 6.02. The number of benzene rings is 1. The number of hydrogen-bond acceptors (Lipinski definition) is 2. The van der Waals surface area contributed by atoms with E-state index in [9.17, 15) is 4.79 Å². The molecule has 1 unspecified atom stereocenters. The second-order valence-corrected chi connectivity index (χ2v) is 5.22. The predicted molar refractivity (Wildman–Crippen MR) is 73.3 cm³/mol. The molecule has 0 saturated carbocycles. The fourth-order valence-corrected chi connectivity index (χ4v) is 2.72. The Labute approximate surface area is 115 Å². The Morgan fingerprint density at radius 2 is 2.24 bits per heavy atom. The van der Waals surface area contributed by atoms with Gasteiger partial charge in [-0.2, -0.15) is 0 Å². The predicted octanol–water partition coefficient (Wildman–Crippen LogP) is 4.38. The Kier molecular flexibility index (Phi) is 6.00. The summed E-state index contributed by atoms with van der Waals surface area (Å²) < 4.78 is 5.86. The Morgan fingerprint density at radius 1 is 1.53 bits per heavy atom. The first-order valence-corrected chi connectivity index (χ1v) is 6.83. The lowest BCUT2D eigenvalue weighted by molar-refractivity contribution is -0.143. The van der Waals surface area contributed by atoms with Gasteiger partial charge in [0.2, 0.25) is 0 Å². The first kappa shape index (κ1) is 14.5. The molecule has 0 spiro atoms. The van der Waals surface area contributed by atoms with E-state index in [1.165, 1.54) is 5.56 Å². The fraction of sp³-hybridized carbons (Fsp3) is 0.462. The molecule has 17 heavy (non-hydrogen) atoms. The van der Waals surface area contributed by atoms with Crippen molar-refractivity contribution >= 4 is 33.5 Å². The normalized spacial score (nSPS) is 12.2. The summed E-state index contributed by atoms with van der Waals surface area (Å²) in [5.74, 6) is -0.193. The van der Waals surface area contributed by atoms with Gasteiger partial charge in [-0.3, -0.25) is 4.79 Å². The molecule has 0 radical (unpaired) electrons. The minimum absolute atomic E-state index is 0.172. The molecule has 1 rings (SSSR count). The number of esters is 1. The van der Waals surface area contributed by atoms with Gasteiger partial charge in [0.25, 0.3) is 0 Å². The van der Waals surface area contributed by atoms with Gasteiger partial charge >= 0.3 is 5.97 Å². The maximum Gasteiger partial charge on any atom is 0.305 e. The molecule has 0 aliphatic heterocycles. The number of aryl methyl sites for hydroxylation is 1. The zero-order chi connectivity index (χ0) is 12.8. The molecule has 1 aromatic carbocycles. The zero-order valence-electron chi connectivity index (χ0n) is 10.0. The lowest BCUT2D eigenvalue weighted by atomic mass is 10.1. The Morgan fingerprint density at radius 3 is 2.82 bits per heavy atom. The van der Waals surface area contributed by atoms with E-state index in [4.69, 9.17) is 16.3 Å². The smallest absolute Gasteiger partial charge is 0.305 e. The maximum absolute atomic E-state index is 11.2. The molecule has 0 fully saturated rings. The van der Waals surface area contributed by atoms with Crippen molar-refractivity contribution in [1.82, 2.24) is 0 Å². The van der Waals surface area contributed by atoms with E-state index in [0.717, 1.165) is 10.0 Å². The van der Waals surface area contributed by atoms with Gasteiger partial charge < -0.3 is 4.74 Å². The molecule has 0 N–H and O–H groups in total. The second kappa shape index (κ2) is 7.02. The molecule has 2 nitrogen and oxygen atoms in total. The van der Waals surface area contributed by atoms with Gasteiger partial charge in [-0.15, -0.1) is 11.6 Å². The van der Waals surface area contributed by atoms with Gasteiger partial charge in [0, 0.05) is 10.9 Å². The largest absolute Gasteiger partial charge is 0.466 e. The first-order chi connectivity index (χ1) is 8.04. The summed E-state index contributed by atoms with van der Waals surface area (Å²) in [4.78, 5) is 11.2. The third kappa shape index (κ3) is 4.68. The molecule has 0 aromatic heterocycles. The highest BCUT2D eigenvalue weighted by atomic mass is 79.9. The molecule has 0 heterocycles. The summed E-state index contributed by atoms with van der Waals surface area (Å²) in [7, 11) is 0. The third-order valence-electron chi connectivity index (χ3n) is 2.40. The van der Waals surface area contributed by atoms with Gasteiger partial charge in [-0.05, 0) is 37.5 Å². The van der Waals surface area contributed by atoms with Crippen LogP contribution < -0.4 is 0 Å². The number of ether oxygens (including phenoxy) is 1. The lowest BCUT2D eigenvalue weighted by Crippen LogP contribution is -2.05. The topological polar surface area (TPSA) is 26.3 Å². The Bertz CT molecular complexity index is 393. The summed E-state index contributed by atoms with van der Waals surface area (Å²) in [5, 5.41) is -0.172. The van der Waals surface area contributed by atoms with Crippen LogP contribution in [0.15, 0.2) is 22.7 Å². The van der Waals surface area contributed by atoms with Crippen LogP contribution in [0, 0.1) is 6.92 Å². The van der Waals surface area contributed by atoms with Crippen LogP contribution in [0.3, 0.4) is 0 Å². The molecular weight excluding hydrogens is 303 g/mol. The SMILES string of the molecule is CCOC(=O)CCC(Cl)c1ccc(C)cc1Br. The highest BCUT2D eigenvalue weighted by Gasteiger charge is 2.13. The monoisotopic (exact) mass is 318 g/mol. The van der Waals surface area contributed by atoms with Gasteiger partial charge in [-0.1, -0.05) is 28.1 Å². The molecule has 0 aliphatic rings. The zero-order valence-corrected chi connectivity index (χ0v) is 12.3. The van der Waals surface area contributed by atoms with E-state index < -0.39 is 0 Å². The Hall–Kier alpha value is -0.540. The molecule has 0 aliphatic carbocycles. The van der Waals surface area contributed by atoms with Crippen LogP contribution in [0.25, 0.3) is 0 Å². The van der Waals surface area contributed by atoms with Crippen LogP contribution in [0.5, 0.6) is 0 Å². The van der Waals surface area contributed by atoms with E-state index in [2.05, 4.69) is 15.9 Å². The number of alkyl halides is 1. The highest BCUT2D eigenvalue weighted by molar-refractivity contribution is 9.10. The number of halogens is 2. The summed E-state index contributed by atoms with van der Waals surface area (Å²) in [5.41, 5.74) is 2.19. The highest BCUT2D eigenvalue weighted by Crippen LogP contribution is 2.32. The van der Waals surface area contributed by atoms with Crippen molar-refractivity contribution in [3.05, 3.63) is 33.8 Å². The van der Waals surface area contributed by atoms with Crippen molar-refractivity contribution in [1.29, 1.82) is 0 Å². The van der Waals surface area contributed by atoms with Gasteiger partial charge in [-0.25, -0.2) is 0 Å². The molecular formula is C13H16BrClO2. The van der Waals surface area contributed by atoms with Crippen LogP contribution in [-0.4, -0.2) is 12.6 Å². The van der Waals surface area contributed by atoms with Crippen LogP contribution in [-0.2, 0) is 9.53 Å². The molecule has 4 heteroatoms. The summed E-state index contributed by atoms with van der Waals surface area (Å²) in [6.45, 7) is 4.24. The van der Waals surface area contributed by atoms with Gasteiger partial charge in [0.15, 0.2) is 0 Å². The molecule has 1 aromatic rings. The van der Waals surface area contributed by atoms with E-state index in [1.54, 1.807) is 6.92 Å². The van der Waals surface area contributed by atoms with E-state index >= 15 is 0 Å². The molecule has 0 bridgehead atoms. The van der Waals surface area contributed by atoms with E-state index in [0.29, 0.717) is 19.4 Å². The average Bonchev–Trinajstić information content (AvgIpc) is 2.26. The van der Waals surface area contributed by atoms with Crippen molar-refractivity contribution in [3.63, 3.8) is 0 Å². The fourth-order valence-electron chi connectivity index (χ4n) is 1.52. The standard InChI is InChI=1S/C13H16BrClO2/c1-3-17-13(16)7-6-12(15)10-5-4-9(2)8-11(10)14/h4-5,8,12H,3,6-7H2,1-2H3. The van der Waals surface area contributed by atoms with Crippen molar-refractivity contribution in [3.8, 4) is 0 Å². The summed E-state index contributed by atoms with van der Waals surface area (Å²) >= 11 is 9.76. The first-order valence-electron chi connectivity index (χ1n) is 5.60. The van der Waals surface area contributed by atoms with E-state index in [1.807, 2.05) is 25.1 Å². The molecule has 94 valence electrons. The van der Waals surface area contributed by atoms with Crippen LogP contribution in [0.2, 0.25) is 0 Å². The van der Waals surface area contributed by atoms with Crippen molar-refractivity contribution in [2.45, 2.75) is 32.1 Å². The third-order valence-corrected chi connectivity index (χ3v) is 3.54. The molecule has 0 amide bonds. The van der Waals surface area contributed by atoms with Crippen molar-refractivity contribution in [2.24, 2.45) is 0 Å². The minimum atomic E-state index is -0.193. The van der Waals surface area contributed by atoms with Gasteiger partial charge in [0.1, 0.15) is 0 Å². The van der Waals surface area contributed by atoms with Crippen molar-refractivity contribution < 1.29 is 9.53 Å².